The molecular formula is C43H52N6O5S. The van der Waals surface area contributed by atoms with Crippen LogP contribution in [0.2, 0.25) is 0 Å². The van der Waals surface area contributed by atoms with E-state index >= 15 is 0 Å². The van der Waals surface area contributed by atoms with Crippen LogP contribution in [0, 0.1) is 17.3 Å². The summed E-state index contributed by atoms with van der Waals surface area (Å²) in [6.07, 6.45) is 3.14. The highest BCUT2D eigenvalue weighted by atomic mass is 32.2. The first-order valence-electron chi connectivity index (χ1n) is 19.4. The van der Waals surface area contributed by atoms with Crippen molar-refractivity contribution in [1.29, 1.82) is 0 Å². The van der Waals surface area contributed by atoms with Crippen LogP contribution in [0.1, 0.15) is 73.0 Å². The molecule has 6 atom stereocenters. The number of hydrogen-bond donors (Lipinski definition) is 5. The van der Waals surface area contributed by atoms with Gasteiger partial charge >= 0.3 is 0 Å². The maximum absolute atomic E-state index is 14.5. The van der Waals surface area contributed by atoms with Crippen molar-refractivity contribution in [2.75, 3.05) is 12.8 Å². The van der Waals surface area contributed by atoms with Gasteiger partial charge in [0.05, 0.1) is 23.4 Å². The molecule has 4 aliphatic rings. The van der Waals surface area contributed by atoms with Crippen molar-refractivity contribution in [2.24, 2.45) is 17.3 Å². The second-order valence-electron chi connectivity index (χ2n) is 16.1. The lowest BCUT2D eigenvalue weighted by Gasteiger charge is -2.35. The molecule has 5 N–H and O–H groups in total. The van der Waals surface area contributed by atoms with Crippen molar-refractivity contribution >= 4 is 41.3 Å². The number of rotatable bonds is 11. The Labute approximate surface area is 327 Å². The molecule has 0 unspecified atom stereocenters. The van der Waals surface area contributed by atoms with Gasteiger partial charge in [-0.2, -0.15) is 0 Å². The summed E-state index contributed by atoms with van der Waals surface area (Å²) < 4.78 is 0. The smallest absolute Gasteiger partial charge is 0.246 e. The van der Waals surface area contributed by atoms with Crippen LogP contribution in [0.5, 0.6) is 0 Å². The normalized spacial score (nSPS) is 24.5. The number of likely N-dealkylation sites (N-methyl/N-ethyl adjacent to an activating group) is 1. The molecule has 3 aromatic carbocycles. The molecule has 2 saturated heterocycles. The monoisotopic (exact) mass is 764 g/mol. The van der Waals surface area contributed by atoms with Gasteiger partial charge in [-0.05, 0) is 90.6 Å². The van der Waals surface area contributed by atoms with Crippen LogP contribution < -0.4 is 26.6 Å². The predicted octanol–water partition coefficient (Wildman–Crippen LogP) is 3.55. The van der Waals surface area contributed by atoms with Crippen LogP contribution in [-0.4, -0.2) is 70.7 Å². The zero-order valence-corrected chi connectivity index (χ0v) is 32.8. The van der Waals surface area contributed by atoms with E-state index in [9.17, 15) is 24.0 Å². The first kappa shape index (κ1) is 38.6. The lowest BCUT2D eigenvalue weighted by atomic mass is 9.83. The topological polar surface area (TPSA) is 149 Å². The highest BCUT2D eigenvalue weighted by Crippen LogP contribution is 2.47. The summed E-state index contributed by atoms with van der Waals surface area (Å²) in [4.78, 5) is 69.8. The van der Waals surface area contributed by atoms with Gasteiger partial charge in [-0.25, -0.2) is 0 Å². The van der Waals surface area contributed by atoms with E-state index in [-0.39, 0.29) is 40.8 Å². The van der Waals surface area contributed by atoms with Crippen LogP contribution in [0.4, 0.5) is 0 Å². The van der Waals surface area contributed by atoms with Gasteiger partial charge in [0.1, 0.15) is 12.1 Å². The zero-order valence-electron chi connectivity index (χ0n) is 32.0. The van der Waals surface area contributed by atoms with E-state index in [0.717, 1.165) is 35.1 Å². The van der Waals surface area contributed by atoms with Gasteiger partial charge in [-0.1, -0.05) is 86.6 Å². The van der Waals surface area contributed by atoms with Crippen LogP contribution in [0.3, 0.4) is 0 Å². The largest absolute Gasteiger partial charge is 0.352 e. The fourth-order valence-corrected chi connectivity index (χ4v) is 10.3. The number of nitrogens with one attached hydrogen (secondary N) is 5. The van der Waals surface area contributed by atoms with Gasteiger partial charge in [0.25, 0.3) is 0 Å². The predicted molar refractivity (Wildman–Crippen MR) is 212 cm³/mol. The van der Waals surface area contributed by atoms with E-state index in [1.807, 2.05) is 74.5 Å². The molecule has 0 aromatic heterocycles. The summed E-state index contributed by atoms with van der Waals surface area (Å²) >= 11 is 1.65. The van der Waals surface area contributed by atoms with E-state index in [1.165, 1.54) is 11.1 Å². The molecule has 12 heteroatoms. The number of carbonyl (C=O) groups excluding carboxylic acids is 5. The Balaban J connectivity index is 0.985. The van der Waals surface area contributed by atoms with Gasteiger partial charge in [0.2, 0.25) is 29.5 Å². The maximum atomic E-state index is 14.5. The molecule has 290 valence electrons. The second-order valence-corrected chi connectivity index (χ2v) is 17.4. The number of thioether (sulfide) groups is 1. The van der Waals surface area contributed by atoms with Crippen LogP contribution in [-0.2, 0) is 56.3 Å². The third-order valence-electron chi connectivity index (χ3n) is 11.9. The number of benzene rings is 3. The SMILES string of the molecule is CN[C@@H](C)C(=O)N[C@H]1CCS[C@H]2CC(C)(C)[C@@H](C(=O)N[C@H]3c4ccccc4C[C@H]3C(=O)NCc3ccc(CNC(=O)C4Cc5ccccc5C4)cc3)N2C1=O. The zero-order chi connectivity index (χ0) is 38.9. The molecule has 5 amide bonds. The summed E-state index contributed by atoms with van der Waals surface area (Å²) in [6, 6.07) is 21.4. The Morgan fingerprint density at radius 1 is 0.800 bits per heavy atom. The highest BCUT2D eigenvalue weighted by Gasteiger charge is 2.55. The molecule has 2 aliphatic heterocycles. The van der Waals surface area contributed by atoms with Crippen molar-refractivity contribution in [1.82, 2.24) is 31.5 Å². The third-order valence-corrected chi connectivity index (χ3v) is 13.2. The van der Waals surface area contributed by atoms with Crippen LogP contribution in [0.15, 0.2) is 72.8 Å². The minimum absolute atomic E-state index is 0.0431. The maximum Gasteiger partial charge on any atom is 0.246 e. The molecular weight excluding hydrogens is 713 g/mol. The number of fused-ring (bicyclic) bond motifs is 3. The average Bonchev–Trinajstić information content (AvgIpc) is 3.83. The summed E-state index contributed by atoms with van der Waals surface area (Å²) in [7, 11) is 1.70. The summed E-state index contributed by atoms with van der Waals surface area (Å²) in [5.41, 5.74) is 5.78. The molecule has 2 heterocycles. The summed E-state index contributed by atoms with van der Waals surface area (Å²) in [6.45, 7) is 6.51. The molecule has 3 aromatic rings. The molecule has 11 nitrogen and oxygen atoms in total. The van der Waals surface area contributed by atoms with Crippen molar-refractivity contribution in [3.8, 4) is 0 Å². The van der Waals surface area contributed by atoms with E-state index in [4.69, 9.17) is 0 Å². The van der Waals surface area contributed by atoms with E-state index in [2.05, 4.69) is 38.7 Å². The fourth-order valence-electron chi connectivity index (χ4n) is 8.70. The molecule has 2 aliphatic carbocycles. The molecule has 0 radical (unpaired) electrons. The first-order valence-corrected chi connectivity index (χ1v) is 20.5. The van der Waals surface area contributed by atoms with Crippen molar-refractivity contribution in [3.05, 3.63) is 106 Å². The summed E-state index contributed by atoms with van der Waals surface area (Å²) in [5.74, 6) is -0.798. The minimum atomic E-state index is -0.772. The lowest BCUT2D eigenvalue weighted by molar-refractivity contribution is -0.144. The van der Waals surface area contributed by atoms with Crippen molar-refractivity contribution < 1.29 is 24.0 Å². The quantitative estimate of drug-likeness (QED) is 0.201. The molecule has 0 spiro atoms. The molecule has 2 fully saturated rings. The van der Waals surface area contributed by atoms with E-state index in [0.29, 0.717) is 38.1 Å². The molecule has 55 heavy (non-hydrogen) atoms. The van der Waals surface area contributed by atoms with E-state index in [1.54, 1.807) is 30.6 Å². The van der Waals surface area contributed by atoms with Crippen LogP contribution in [0.25, 0.3) is 0 Å². The Kier molecular flexibility index (Phi) is 11.4. The number of hydrogen-bond acceptors (Lipinski definition) is 7. The lowest BCUT2D eigenvalue weighted by Crippen LogP contribution is -2.58. The molecule has 0 saturated carbocycles. The Morgan fingerprint density at radius 2 is 1.40 bits per heavy atom. The Morgan fingerprint density at radius 3 is 2.04 bits per heavy atom. The van der Waals surface area contributed by atoms with Crippen molar-refractivity contribution in [2.45, 2.75) is 95.5 Å². The minimum Gasteiger partial charge on any atom is -0.352 e. The second kappa shape index (κ2) is 16.2. The third kappa shape index (κ3) is 8.16. The number of nitrogens with zero attached hydrogens (tertiary/aromatic N) is 1. The van der Waals surface area contributed by atoms with Gasteiger partial charge in [0, 0.05) is 19.0 Å². The molecule has 0 bridgehead atoms. The van der Waals surface area contributed by atoms with Gasteiger partial charge < -0.3 is 31.5 Å². The van der Waals surface area contributed by atoms with Gasteiger partial charge in [-0.15, -0.1) is 11.8 Å². The van der Waals surface area contributed by atoms with Crippen LogP contribution >= 0.6 is 11.8 Å². The average molecular weight is 765 g/mol. The highest BCUT2D eigenvalue weighted by molar-refractivity contribution is 7.99. The Hall–Kier alpha value is -4.68. The Bertz CT molecular complexity index is 1930. The van der Waals surface area contributed by atoms with Gasteiger partial charge in [0.15, 0.2) is 0 Å². The number of carbonyl (C=O) groups is 5. The molecule has 7 rings (SSSR count). The van der Waals surface area contributed by atoms with Crippen molar-refractivity contribution in [3.63, 3.8) is 0 Å². The fraction of sp³-hybridized carbons (Fsp3) is 0.465. The first-order chi connectivity index (χ1) is 26.4. The summed E-state index contributed by atoms with van der Waals surface area (Å²) in [5, 5.41) is 15.1. The van der Waals surface area contributed by atoms with E-state index < -0.39 is 35.5 Å². The number of amides is 5. The standard InChI is InChI=1S/C43H52N6O5S/c1-25(44-4)38(50)47-34-17-18-55-35-22-43(2,3)37(49(35)42(34)54)41(53)48-36-32-12-8-7-11-30(32)21-33(36)40(52)46-24-27-15-13-26(14-16-27)23-45-39(51)31-19-28-9-5-6-10-29(28)20-31/h5-16,25,31,33-37,44H,17-24H2,1-4H3,(H,45,51)(H,46,52)(H,47,50)(H,48,53)/t25-,33+,34-,35-,36-,37+/m0/s1. The van der Waals surface area contributed by atoms with Gasteiger partial charge in [-0.3, -0.25) is 24.0 Å².